The molecule has 0 aliphatic carbocycles. The molecule has 0 aliphatic rings. The number of H-pyrrole nitrogens is 1. The summed E-state index contributed by atoms with van der Waals surface area (Å²) >= 11 is 5.05. The van der Waals surface area contributed by atoms with E-state index in [4.69, 9.17) is 12.2 Å². The second-order valence-electron chi connectivity index (χ2n) is 4.51. The van der Waals surface area contributed by atoms with E-state index in [-0.39, 0.29) is 11.9 Å². The molecule has 19 heavy (non-hydrogen) atoms. The van der Waals surface area contributed by atoms with Gasteiger partial charge in [-0.2, -0.15) is 5.10 Å². The average molecular weight is 276 g/mol. The molecule has 1 amide bonds. The SMILES string of the molecule is Cc1cccc(C(=O)NC(C)c2n[nH]c(=S)n2C)c1. The van der Waals surface area contributed by atoms with Crippen molar-refractivity contribution in [3.8, 4) is 0 Å². The number of carbonyl (C=O) groups is 1. The highest BCUT2D eigenvalue weighted by molar-refractivity contribution is 7.71. The third-order valence-electron chi connectivity index (χ3n) is 2.93. The molecule has 1 atom stereocenters. The molecule has 2 aromatic rings. The lowest BCUT2D eigenvalue weighted by Gasteiger charge is -2.13. The van der Waals surface area contributed by atoms with Crippen LogP contribution in [0.15, 0.2) is 24.3 Å². The number of nitrogens with one attached hydrogen (secondary N) is 2. The Hall–Kier alpha value is -1.95. The summed E-state index contributed by atoms with van der Waals surface area (Å²) in [7, 11) is 1.82. The van der Waals surface area contributed by atoms with Crippen molar-refractivity contribution in [2.24, 2.45) is 7.05 Å². The summed E-state index contributed by atoms with van der Waals surface area (Å²) < 4.78 is 2.28. The summed E-state index contributed by atoms with van der Waals surface area (Å²) in [4.78, 5) is 12.1. The fraction of sp³-hybridized carbons (Fsp3) is 0.308. The molecule has 100 valence electrons. The Balaban J connectivity index is 2.15. The minimum atomic E-state index is -0.217. The minimum Gasteiger partial charge on any atom is -0.342 e. The number of aryl methyl sites for hydroxylation is 1. The first-order valence-corrected chi connectivity index (χ1v) is 6.38. The molecule has 5 nitrogen and oxygen atoms in total. The molecule has 6 heteroatoms. The summed E-state index contributed by atoms with van der Waals surface area (Å²) in [6.45, 7) is 3.83. The maximum Gasteiger partial charge on any atom is 0.251 e. The van der Waals surface area contributed by atoms with E-state index in [0.717, 1.165) is 5.56 Å². The molecule has 1 unspecified atom stereocenters. The third-order valence-corrected chi connectivity index (χ3v) is 3.29. The maximum atomic E-state index is 12.1. The molecular formula is C13H16N4OS. The molecule has 0 spiro atoms. The van der Waals surface area contributed by atoms with Crippen LogP contribution in [-0.2, 0) is 7.05 Å². The highest BCUT2D eigenvalue weighted by Gasteiger charge is 2.15. The molecule has 0 saturated heterocycles. The number of aromatic nitrogens is 3. The van der Waals surface area contributed by atoms with Crippen molar-refractivity contribution in [1.82, 2.24) is 20.1 Å². The van der Waals surface area contributed by atoms with Crippen molar-refractivity contribution < 1.29 is 4.79 Å². The molecule has 0 bridgehead atoms. The van der Waals surface area contributed by atoms with Crippen LogP contribution in [0, 0.1) is 11.7 Å². The zero-order valence-electron chi connectivity index (χ0n) is 11.1. The largest absolute Gasteiger partial charge is 0.342 e. The van der Waals surface area contributed by atoms with Gasteiger partial charge in [-0.15, -0.1) is 0 Å². The smallest absolute Gasteiger partial charge is 0.251 e. The number of hydrogen-bond donors (Lipinski definition) is 2. The topological polar surface area (TPSA) is 62.7 Å². The number of benzene rings is 1. The van der Waals surface area contributed by atoms with E-state index in [9.17, 15) is 4.79 Å². The molecular weight excluding hydrogens is 260 g/mol. The van der Waals surface area contributed by atoms with Gasteiger partial charge in [-0.3, -0.25) is 9.89 Å². The lowest BCUT2D eigenvalue weighted by molar-refractivity contribution is 0.0937. The highest BCUT2D eigenvalue weighted by Crippen LogP contribution is 2.10. The Bertz CT molecular complexity index is 659. The zero-order valence-corrected chi connectivity index (χ0v) is 11.9. The summed E-state index contributed by atoms with van der Waals surface area (Å²) in [5, 5.41) is 9.72. The van der Waals surface area contributed by atoms with Gasteiger partial charge >= 0.3 is 0 Å². The standard InChI is InChI=1S/C13H16N4OS/c1-8-5-4-6-10(7-8)12(18)14-9(2)11-15-16-13(19)17(11)3/h4-7,9H,1-3H3,(H,14,18)(H,16,19). The van der Waals surface area contributed by atoms with Gasteiger partial charge in [0.15, 0.2) is 10.6 Å². The normalized spacial score (nSPS) is 12.2. The lowest BCUT2D eigenvalue weighted by atomic mass is 10.1. The molecule has 0 saturated carbocycles. The second-order valence-corrected chi connectivity index (χ2v) is 4.90. The van der Waals surface area contributed by atoms with Crippen LogP contribution in [0.3, 0.4) is 0 Å². The van der Waals surface area contributed by atoms with Crippen molar-refractivity contribution in [3.05, 3.63) is 46.0 Å². The number of nitrogens with zero attached hydrogens (tertiary/aromatic N) is 2. The van der Waals surface area contributed by atoms with Gasteiger partial charge in [0.1, 0.15) is 0 Å². The van der Waals surface area contributed by atoms with Gasteiger partial charge in [0.25, 0.3) is 5.91 Å². The van der Waals surface area contributed by atoms with Crippen molar-refractivity contribution in [1.29, 1.82) is 0 Å². The van der Waals surface area contributed by atoms with Crippen LogP contribution < -0.4 is 5.32 Å². The molecule has 1 aromatic heterocycles. The van der Waals surface area contributed by atoms with Crippen molar-refractivity contribution in [2.45, 2.75) is 19.9 Å². The summed E-state index contributed by atoms with van der Waals surface area (Å²) in [6.07, 6.45) is 0. The van der Waals surface area contributed by atoms with Crippen LogP contribution in [0.4, 0.5) is 0 Å². The number of aromatic amines is 1. The van der Waals surface area contributed by atoms with Crippen LogP contribution in [-0.4, -0.2) is 20.7 Å². The van der Waals surface area contributed by atoms with Gasteiger partial charge in [0.05, 0.1) is 6.04 Å². The molecule has 0 aliphatic heterocycles. The Kier molecular flexibility index (Phi) is 3.80. The van der Waals surface area contributed by atoms with E-state index in [0.29, 0.717) is 16.2 Å². The quantitative estimate of drug-likeness (QED) is 0.845. The predicted octanol–water partition coefficient (Wildman–Crippen LogP) is 2.28. The van der Waals surface area contributed by atoms with E-state index in [1.807, 2.05) is 39.1 Å². The first kappa shape index (κ1) is 13.5. The van der Waals surface area contributed by atoms with E-state index in [1.165, 1.54) is 0 Å². The summed E-state index contributed by atoms with van der Waals surface area (Å²) in [6, 6.07) is 7.25. The van der Waals surface area contributed by atoms with Gasteiger partial charge in [-0.05, 0) is 38.2 Å². The maximum absolute atomic E-state index is 12.1. The van der Waals surface area contributed by atoms with Gasteiger partial charge in [-0.1, -0.05) is 17.7 Å². The van der Waals surface area contributed by atoms with Crippen LogP contribution in [0.5, 0.6) is 0 Å². The minimum absolute atomic E-state index is 0.120. The monoisotopic (exact) mass is 276 g/mol. The molecule has 0 radical (unpaired) electrons. The molecule has 1 aromatic carbocycles. The Morgan fingerprint density at radius 1 is 1.53 bits per heavy atom. The molecule has 2 N–H and O–H groups in total. The molecule has 0 fully saturated rings. The van der Waals surface area contributed by atoms with Gasteiger partial charge in [0.2, 0.25) is 0 Å². The molecule has 2 rings (SSSR count). The number of carbonyl (C=O) groups excluding carboxylic acids is 1. The average Bonchev–Trinajstić information content (AvgIpc) is 2.70. The number of hydrogen-bond acceptors (Lipinski definition) is 3. The highest BCUT2D eigenvalue weighted by atomic mass is 32.1. The third kappa shape index (κ3) is 2.90. The summed E-state index contributed by atoms with van der Waals surface area (Å²) in [5.74, 6) is 0.580. The Morgan fingerprint density at radius 3 is 2.84 bits per heavy atom. The first-order chi connectivity index (χ1) is 8.99. The Labute approximate surface area is 116 Å². The van der Waals surface area contributed by atoms with Gasteiger partial charge in [-0.25, -0.2) is 0 Å². The van der Waals surface area contributed by atoms with Gasteiger partial charge < -0.3 is 9.88 Å². The predicted molar refractivity (Wildman–Crippen MR) is 75.5 cm³/mol. The van der Waals surface area contributed by atoms with Crippen LogP contribution in [0.1, 0.15) is 34.7 Å². The lowest BCUT2D eigenvalue weighted by Crippen LogP contribution is -2.28. The van der Waals surface area contributed by atoms with Crippen molar-refractivity contribution >= 4 is 18.1 Å². The van der Waals surface area contributed by atoms with Crippen LogP contribution >= 0.6 is 12.2 Å². The van der Waals surface area contributed by atoms with Gasteiger partial charge in [0, 0.05) is 12.6 Å². The zero-order chi connectivity index (χ0) is 14.0. The van der Waals surface area contributed by atoms with Crippen molar-refractivity contribution in [2.75, 3.05) is 0 Å². The number of amides is 1. The first-order valence-electron chi connectivity index (χ1n) is 5.98. The Morgan fingerprint density at radius 2 is 2.26 bits per heavy atom. The summed E-state index contributed by atoms with van der Waals surface area (Å²) in [5.41, 5.74) is 1.70. The molecule has 1 heterocycles. The van der Waals surface area contributed by atoms with Crippen molar-refractivity contribution in [3.63, 3.8) is 0 Å². The fourth-order valence-electron chi connectivity index (χ4n) is 1.88. The van der Waals surface area contributed by atoms with Crippen LogP contribution in [0.25, 0.3) is 0 Å². The van der Waals surface area contributed by atoms with E-state index in [1.54, 1.807) is 10.6 Å². The second kappa shape index (κ2) is 5.36. The number of rotatable bonds is 3. The van der Waals surface area contributed by atoms with E-state index in [2.05, 4.69) is 15.5 Å². The fourth-order valence-corrected chi connectivity index (χ4v) is 2.02. The van der Waals surface area contributed by atoms with E-state index < -0.39 is 0 Å². The van der Waals surface area contributed by atoms with E-state index >= 15 is 0 Å². The van der Waals surface area contributed by atoms with Crippen LogP contribution in [0.2, 0.25) is 0 Å².